The predicted octanol–water partition coefficient (Wildman–Crippen LogP) is 3.69. The standard InChI is InChI=1S/C28H40N2O8/c1-15-8-7-9-22(36-5)26(38-28(29)35)18(4)10-16(2)25(33)23(37-6)11-17(3)24(32)19-12-20(30-27(15)34)14-21(31)13-19/h8,10-14,16-17,22,24-26,31-33H,7,9H2,1-6H3,(H2,29,35)(H,30,34)/t16-,17-,22-,24+,25+,26-/m0/s1. The summed E-state index contributed by atoms with van der Waals surface area (Å²) in [6, 6.07) is 4.38. The van der Waals surface area contributed by atoms with Crippen molar-refractivity contribution in [1.82, 2.24) is 0 Å². The number of fused-ring (bicyclic) bond motifs is 2. The highest BCUT2D eigenvalue weighted by Gasteiger charge is 2.28. The number of rotatable bonds is 3. The Morgan fingerprint density at radius 3 is 2.32 bits per heavy atom. The molecule has 2 bridgehead atoms. The summed E-state index contributed by atoms with van der Waals surface area (Å²) in [5, 5.41) is 35.0. The normalized spacial score (nSPS) is 27.9. The van der Waals surface area contributed by atoms with Crippen LogP contribution in [0.2, 0.25) is 0 Å². The molecule has 210 valence electrons. The molecule has 0 fully saturated rings. The van der Waals surface area contributed by atoms with E-state index in [0.29, 0.717) is 35.2 Å². The maximum absolute atomic E-state index is 12.8. The first-order valence-corrected chi connectivity index (χ1v) is 12.5. The Labute approximate surface area is 223 Å². The number of primary amides is 1. The van der Waals surface area contributed by atoms with E-state index in [1.165, 1.54) is 26.4 Å². The molecular weight excluding hydrogens is 492 g/mol. The molecule has 0 saturated carbocycles. The molecular formula is C28H40N2O8. The van der Waals surface area contributed by atoms with Crippen molar-refractivity contribution in [2.75, 3.05) is 19.5 Å². The highest BCUT2D eigenvalue weighted by molar-refractivity contribution is 6.03. The largest absolute Gasteiger partial charge is 0.508 e. The number of hydrogen-bond acceptors (Lipinski definition) is 8. The van der Waals surface area contributed by atoms with Crippen LogP contribution in [0.15, 0.2) is 53.3 Å². The second kappa shape index (κ2) is 14.0. The van der Waals surface area contributed by atoms with Crippen LogP contribution in [0, 0.1) is 11.8 Å². The zero-order valence-corrected chi connectivity index (χ0v) is 22.8. The van der Waals surface area contributed by atoms with Crippen LogP contribution < -0.4 is 11.1 Å². The molecule has 6 N–H and O–H groups in total. The van der Waals surface area contributed by atoms with Crippen LogP contribution in [0.4, 0.5) is 10.5 Å². The fraction of sp³-hybridized carbons (Fsp3) is 0.500. The summed E-state index contributed by atoms with van der Waals surface area (Å²) in [7, 11) is 2.91. The van der Waals surface area contributed by atoms with Gasteiger partial charge >= 0.3 is 6.09 Å². The lowest BCUT2D eigenvalue weighted by molar-refractivity contribution is -0.112. The van der Waals surface area contributed by atoms with Crippen LogP contribution >= 0.6 is 0 Å². The van der Waals surface area contributed by atoms with E-state index in [1.54, 1.807) is 52.0 Å². The Bertz CT molecular complexity index is 1080. The van der Waals surface area contributed by atoms with Gasteiger partial charge in [0.15, 0.2) is 6.10 Å². The summed E-state index contributed by atoms with van der Waals surface area (Å²) in [5.74, 6) is -1.27. The molecule has 0 saturated heterocycles. The summed E-state index contributed by atoms with van der Waals surface area (Å²) in [6.45, 7) is 6.92. The van der Waals surface area contributed by atoms with Crippen LogP contribution in [0.25, 0.3) is 0 Å². The first kappa shape index (κ1) is 30.9. The van der Waals surface area contributed by atoms with E-state index in [-0.39, 0.29) is 17.4 Å². The second-order valence-corrected chi connectivity index (χ2v) is 9.66. The van der Waals surface area contributed by atoms with Crippen molar-refractivity contribution in [2.24, 2.45) is 17.6 Å². The average Bonchev–Trinajstić information content (AvgIpc) is 2.86. The lowest BCUT2D eigenvalue weighted by Crippen LogP contribution is -2.36. The van der Waals surface area contributed by atoms with Crippen molar-refractivity contribution in [3.05, 3.63) is 58.9 Å². The zero-order valence-electron chi connectivity index (χ0n) is 22.8. The number of carbonyl (C=O) groups excluding carboxylic acids is 2. The number of aliphatic hydroxyl groups excluding tert-OH is 2. The van der Waals surface area contributed by atoms with Gasteiger partial charge in [0, 0.05) is 36.3 Å². The Kier molecular flexibility index (Phi) is 11.4. The van der Waals surface area contributed by atoms with Gasteiger partial charge in [0.05, 0.1) is 19.3 Å². The Morgan fingerprint density at radius 1 is 1.05 bits per heavy atom. The molecule has 10 nitrogen and oxygen atoms in total. The van der Waals surface area contributed by atoms with Gasteiger partial charge < -0.3 is 40.6 Å². The number of benzene rings is 1. The molecule has 6 atom stereocenters. The highest BCUT2D eigenvalue weighted by atomic mass is 16.6. The third-order valence-electron chi connectivity index (χ3n) is 6.61. The Balaban J connectivity index is 2.59. The summed E-state index contributed by atoms with van der Waals surface area (Å²) in [6.07, 6.45) is 1.42. The van der Waals surface area contributed by atoms with Gasteiger partial charge in [-0.15, -0.1) is 0 Å². The predicted molar refractivity (Wildman–Crippen MR) is 143 cm³/mol. The highest BCUT2D eigenvalue weighted by Crippen LogP contribution is 2.31. The molecule has 0 spiro atoms. The Hall–Kier alpha value is -3.34. The van der Waals surface area contributed by atoms with Crippen molar-refractivity contribution >= 4 is 17.7 Å². The molecule has 0 radical (unpaired) electrons. The maximum atomic E-state index is 12.8. The van der Waals surface area contributed by atoms with Gasteiger partial charge in [-0.3, -0.25) is 4.79 Å². The fourth-order valence-electron chi connectivity index (χ4n) is 4.45. The van der Waals surface area contributed by atoms with Crippen LogP contribution in [0.5, 0.6) is 5.75 Å². The number of nitrogens with one attached hydrogen (secondary N) is 1. The molecule has 1 aromatic rings. The number of amides is 2. The van der Waals surface area contributed by atoms with Crippen molar-refractivity contribution in [1.29, 1.82) is 0 Å². The van der Waals surface area contributed by atoms with E-state index in [9.17, 15) is 24.9 Å². The molecule has 0 unspecified atom stereocenters. The number of allylic oxidation sites excluding steroid dienone is 1. The third-order valence-corrected chi connectivity index (χ3v) is 6.61. The van der Waals surface area contributed by atoms with Crippen LogP contribution in [-0.2, 0) is 19.0 Å². The summed E-state index contributed by atoms with van der Waals surface area (Å²) >= 11 is 0. The number of ether oxygens (including phenoxy) is 3. The minimum Gasteiger partial charge on any atom is -0.508 e. The number of phenols is 1. The topological polar surface area (TPSA) is 161 Å². The number of methoxy groups -OCH3 is 2. The van der Waals surface area contributed by atoms with Gasteiger partial charge in [-0.25, -0.2) is 4.79 Å². The number of anilines is 1. The van der Waals surface area contributed by atoms with Gasteiger partial charge in [-0.2, -0.15) is 0 Å². The molecule has 2 amide bonds. The monoisotopic (exact) mass is 532 g/mol. The smallest absolute Gasteiger partial charge is 0.405 e. The van der Waals surface area contributed by atoms with E-state index in [1.807, 2.05) is 0 Å². The van der Waals surface area contributed by atoms with Gasteiger partial charge in [0.25, 0.3) is 5.91 Å². The quantitative estimate of drug-likeness (QED) is 0.368. The lowest BCUT2D eigenvalue weighted by Gasteiger charge is -2.27. The minimum atomic E-state index is -1.08. The zero-order chi connectivity index (χ0) is 28.6. The van der Waals surface area contributed by atoms with Gasteiger partial charge in [0.2, 0.25) is 0 Å². The van der Waals surface area contributed by atoms with E-state index < -0.39 is 42.3 Å². The van der Waals surface area contributed by atoms with Gasteiger partial charge in [-0.05, 0) is 56.0 Å². The first-order chi connectivity index (χ1) is 17.9. The molecule has 10 heteroatoms. The number of carbonyl (C=O) groups is 2. The lowest BCUT2D eigenvalue weighted by atomic mass is 9.92. The molecule has 38 heavy (non-hydrogen) atoms. The maximum Gasteiger partial charge on any atom is 0.405 e. The molecule has 1 aromatic carbocycles. The summed E-state index contributed by atoms with van der Waals surface area (Å²) in [5.41, 5.74) is 7.08. The fourth-order valence-corrected chi connectivity index (χ4v) is 4.45. The number of hydrogen-bond donors (Lipinski definition) is 5. The average molecular weight is 533 g/mol. The van der Waals surface area contributed by atoms with E-state index in [4.69, 9.17) is 19.9 Å². The van der Waals surface area contributed by atoms with Gasteiger partial charge in [-0.1, -0.05) is 26.0 Å². The van der Waals surface area contributed by atoms with Crippen LogP contribution in [-0.4, -0.2) is 59.9 Å². The molecule has 1 aliphatic rings. The Morgan fingerprint density at radius 2 is 1.71 bits per heavy atom. The van der Waals surface area contributed by atoms with E-state index in [2.05, 4.69) is 5.32 Å². The number of aliphatic hydroxyl groups is 2. The summed E-state index contributed by atoms with van der Waals surface area (Å²) < 4.78 is 16.4. The molecule has 0 aliphatic carbocycles. The van der Waals surface area contributed by atoms with E-state index in [0.717, 1.165) is 0 Å². The molecule has 2 rings (SSSR count). The van der Waals surface area contributed by atoms with Crippen molar-refractivity contribution in [3.8, 4) is 5.75 Å². The number of phenolic OH excluding ortho intramolecular Hbond substituents is 1. The summed E-state index contributed by atoms with van der Waals surface area (Å²) in [4.78, 5) is 24.5. The molecule has 1 heterocycles. The number of aromatic hydroxyl groups is 1. The first-order valence-electron chi connectivity index (χ1n) is 12.5. The van der Waals surface area contributed by atoms with Crippen LogP contribution in [0.3, 0.4) is 0 Å². The minimum absolute atomic E-state index is 0.120. The molecule has 0 aromatic heterocycles. The van der Waals surface area contributed by atoms with Crippen molar-refractivity contribution < 1.29 is 39.1 Å². The van der Waals surface area contributed by atoms with E-state index >= 15 is 0 Å². The van der Waals surface area contributed by atoms with Crippen molar-refractivity contribution in [3.63, 3.8) is 0 Å². The third kappa shape index (κ3) is 8.34. The van der Waals surface area contributed by atoms with Crippen LogP contribution in [0.1, 0.15) is 52.2 Å². The SMILES string of the molecule is COC1=C[C@H](C)[C@@H](O)c2cc(O)cc(c2)NC(=O)C(C)=CCC[C@H](OC)[C@@H](OC(N)=O)C(C)=C[C@H](C)[C@H]1O. The van der Waals surface area contributed by atoms with Crippen molar-refractivity contribution in [2.45, 2.75) is 65.0 Å². The number of nitrogens with two attached hydrogens (primary N) is 1. The van der Waals surface area contributed by atoms with Gasteiger partial charge in [0.1, 0.15) is 17.6 Å². The second-order valence-electron chi connectivity index (χ2n) is 9.66. The molecule has 1 aliphatic heterocycles.